The Morgan fingerprint density at radius 2 is 1.74 bits per heavy atom. The SMILES string of the molecule is C/C=C/C=C1/C(=O)N(c2ccc(OC)cc2)C1c1ccccc1. The first-order chi connectivity index (χ1) is 11.3. The molecule has 0 saturated carbocycles. The lowest BCUT2D eigenvalue weighted by Crippen LogP contribution is -2.49. The molecule has 1 atom stereocenters. The number of hydrogen-bond acceptors (Lipinski definition) is 2. The highest BCUT2D eigenvalue weighted by Gasteiger charge is 2.43. The van der Waals surface area contributed by atoms with Crippen LogP contribution in [0.25, 0.3) is 0 Å². The molecule has 23 heavy (non-hydrogen) atoms. The topological polar surface area (TPSA) is 29.5 Å². The van der Waals surface area contributed by atoms with Gasteiger partial charge in [0.2, 0.25) is 0 Å². The van der Waals surface area contributed by atoms with Gasteiger partial charge in [-0.25, -0.2) is 0 Å². The largest absolute Gasteiger partial charge is 0.497 e. The van der Waals surface area contributed by atoms with Gasteiger partial charge in [-0.15, -0.1) is 0 Å². The van der Waals surface area contributed by atoms with Crippen molar-refractivity contribution >= 4 is 11.6 Å². The normalized spacial score (nSPS) is 19.2. The molecule has 0 aliphatic carbocycles. The number of amides is 1. The van der Waals surface area contributed by atoms with Crippen molar-refractivity contribution in [2.75, 3.05) is 12.0 Å². The van der Waals surface area contributed by atoms with E-state index in [-0.39, 0.29) is 11.9 Å². The van der Waals surface area contributed by atoms with Gasteiger partial charge in [0.25, 0.3) is 5.91 Å². The second-order valence-electron chi connectivity index (χ2n) is 5.33. The van der Waals surface area contributed by atoms with Crippen LogP contribution >= 0.6 is 0 Å². The minimum atomic E-state index is -0.0479. The van der Waals surface area contributed by atoms with Gasteiger partial charge in [-0.3, -0.25) is 9.69 Å². The van der Waals surface area contributed by atoms with Gasteiger partial charge in [0.05, 0.1) is 13.2 Å². The Labute approximate surface area is 136 Å². The van der Waals surface area contributed by atoms with Gasteiger partial charge in [-0.2, -0.15) is 0 Å². The van der Waals surface area contributed by atoms with Crippen LogP contribution in [0.3, 0.4) is 0 Å². The molecule has 3 heteroatoms. The maximum atomic E-state index is 12.6. The van der Waals surface area contributed by atoms with Crippen molar-refractivity contribution in [1.82, 2.24) is 0 Å². The Morgan fingerprint density at radius 1 is 1.04 bits per heavy atom. The number of hydrogen-bond donors (Lipinski definition) is 0. The zero-order valence-electron chi connectivity index (χ0n) is 13.3. The van der Waals surface area contributed by atoms with E-state index in [1.165, 1.54) is 0 Å². The molecule has 0 radical (unpaired) electrons. The number of allylic oxidation sites excluding steroid dienone is 3. The number of anilines is 1. The number of nitrogens with zero attached hydrogens (tertiary/aromatic N) is 1. The number of rotatable bonds is 4. The molecule has 2 aromatic carbocycles. The summed E-state index contributed by atoms with van der Waals surface area (Å²) in [6, 6.07) is 17.6. The molecule has 1 aliphatic rings. The fraction of sp³-hybridized carbons (Fsp3) is 0.150. The summed E-state index contributed by atoms with van der Waals surface area (Å²) in [7, 11) is 1.63. The van der Waals surface area contributed by atoms with Crippen molar-refractivity contribution in [3.63, 3.8) is 0 Å². The monoisotopic (exact) mass is 305 g/mol. The number of carbonyl (C=O) groups is 1. The van der Waals surface area contributed by atoms with Crippen LogP contribution in [-0.4, -0.2) is 13.0 Å². The van der Waals surface area contributed by atoms with Crippen LogP contribution in [0.2, 0.25) is 0 Å². The van der Waals surface area contributed by atoms with E-state index in [2.05, 4.69) is 12.1 Å². The van der Waals surface area contributed by atoms with Crippen molar-refractivity contribution in [1.29, 1.82) is 0 Å². The third-order valence-electron chi connectivity index (χ3n) is 3.95. The number of benzene rings is 2. The number of methoxy groups -OCH3 is 1. The molecule has 1 saturated heterocycles. The summed E-state index contributed by atoms with van der Waals surface area (Å²) in [5.41, 5.74) is 2.80. The number of carbonyl (C=O) groups excluding carboxylic acids is 1. The van der Waals surface area contributed by atoms with Gasteiger partial charge in [0, 0.05) is 11.3 Å². The molecular formula is C20H19NO2. The Balaban J connectivity index is 1.99. The van der Waals surface area contributed by atoms with E-state index in [1.54, 1.807) is 7.11 Å². The minimum Gasteiger partial charge on any atom is -0.497 e. The zero-order chi connectivity index (χ0) is 16.2. The highest BCUT2D eigenvalue weighted by atomic mass is 16.5. The van der Waals surface area contributed by atoms with E-state index in [0.29, 0.717) is 0 Å². The third-order valence-corrected chi connectivity index (χ3v) is 3.95. The van der Waals surface area contributed by atoms with Crippen LogP contribution in [-0.2, 0) is 4.79 Å². The van der Waals surface area contributed by atoms with Crippen molar-refractivity contribution < 1.29 is 9.53 Å². The zero-order valence-corrected chi connectivity index (χ0v) is 13.3. The summed E-state index contributed by atoms with van der Waals surface area (Å²) in [5, 5.41) is 0. The highest BCUT2D eigenvalue weighted by molar-refractivity contribution is 6.15. The molecule has 2 aromatic rings. The molecule has 1 unspecified atom stereocenters. The molecule has 0 N–H and O–H groups in total. The van der Waals surface area contributed by atoms with Crippen molar-refractivity contribution in [3.8, 4) is 5.75 Å². The predicted octanol–water partition coefficient (Wildman–Crippen LogP) is 4.29. The van der Waals surface area contributed by atoms with Crippen LogP contribution in [0.1, 0.15) is 18.5 Å². The summed E-state index contributed by atoms with van der Waals surface area (Å²) in [4.78, 5) is 14.4. The van der Waals surface area contributed by atoms with Gasteiger partial charge < -0.3 is 4.74 Å². The van der Waals surface area contributed by atoms with Crippen LogP contribution in [0.4, 0.5) is 5.69 Å². The van der Waals surface area contributed by atoms with Crippen LogP contribution in [0.15, 0.2) is 78.4 Å². The van der Waals surface area contributed by atoms with Crippen molar-refractivity contribution in [2.45, 2.75) is 13.0 Å². The highest BCUT2D eigenvalue weighted by Crippen LogP contribution is 2.43. The molecule has 1 heterocycles. The predicted molar refractivity (Wildman–Crippen MR) is 92.6 cm³/mol. The molecule has 3 rings (SSSR count). The Morgan fingerprint density at radius 3 is 2.35 bits per heavy atom. The van der Waals surface area contributed by atoms with E-state index in [0.717, 1.165) is 22.6 Å². The lowest BCUT2D eigenvalue weighted by Gasteiger charge is -2.43. The minimum absolute atomic E-state index is 0.0436. The Kier molecular flexibility index (Phi) is 4.29. The lowest BCUT2D eigenvalue weighted by molar-refractivity contribution is -0.119. The second kappa shape index (κ2) is 6.53. The first-order valence-electron chi connectivity index (χ1n) is 7.61. The molecular weight excluding hydrogens is 286 g/mol. The van der Waals surface area contributed by atoms with Gasteiger partial charge in [0.1, 0.15) is 5.75 Å². The Hall–Kier alpha value is -2.81. The summed E-state index contributed by atoms with van der Waals surface area (Å²) in [6.45, 7) is 1.94. The van der Waals surface area contributed by atoms with Gasteiger partial charge in [-0.1, -0.05) is 48.6 Å². The van der Waals surface area contributed by atoms with E-state index < -0.39 is 0 Å². The maximum absolute atomic E-state index is 12.6. The molecule has 3 nitrogen and oxygen atoms in total. The van der Waals surface area contributed by atoms with E-state index in [4.69, 9.17) is 4.74 Å². The summed E-state index contributed by atoms with van der Waals surface area (Å²) < 4.78 is 5.19. The van der Waals surface area contributed by atoms with E-state index in [9.17, 15) is 4.79 Å². The first kappa shape index (κ1) is 15.1. The molecule has 1 fully saturated rings. The maximum Gasteiger partial charge on any atom is 0.257 e. The van der Waals surface area contributed by atoms with Crippen LogP contribution < -0.4 is 9.64 Å². The summed E-state index contributed by atoms with van der Waals surface area (Å²) >= 11 is 0. The molecule has 1 amide bonds. The second-order valence-corrected chi connectivity index (χ2v) is 5.33. The number of ether oxygens (including phenoxy) is 1. The van der Waals surface area contributed by atoms with Crippen LogP contribution in [0, 0.1) is 0 Å². The van der Waals surface area contributed by atoms with Crippen molar-refractivity contribution in [2.24, 2.45) is 0 Å². The van der Waals surface area contributed by atoms with Gasteiger partial charge >= 0.3 is 0 Å². The standard InChI is InChI=1S/C20H19NO2/c1-3-4-10-18-19(15-8-6-5-7-9-15)21(20(18)22)16-11-13-17(23-2)14-12-16/h3-14,19H,1-2H3/b4-3+,18-10+. The molecule has 0 spiro atoms. The fourth-order valence-electron chi connectivity index (χ4n) is 2.78. The van der Waals surface area contributed by atoms with Gasteiger partial charge in [-0.05, 0) is 36.8 Å². The first-order valence-corrected chi connectivity index (χ1v) is 7.61. The summed E-state index contributed by atoms with van der Waals surface area (Å²) in [6.07, 6.45) is 5.74. The average Bonchev–Trinajstić information content (AvgIpc) is 2.61. The molecule has 0 bridgehead atoms. The Bertz CT molecular complexity index is 745. The molecule has 116 valence electrons. The number of β-lactam (4-membered cyclic amide) rings is 1. The smallest absolute Gasteiger partial charge is 0.257 e. The van der Waals surface area contributed by atoms with Crippen molar-refractivity contribution in [3.05, 3.63) is 84.0 Å². The third kappa shape index (κ3) is 2.78. The van der Waals surface area contributed by atoms with Crippen LogP contribution in [0.5, 0.6) is 5.75 Å². The van der Waals surface area contributed by atoms with E-state index in [1.807, 2.05) is 72.5 Å². The average molecular weight is 305 g/mol. The quantitative estimate of drug-likeness (QED) is 0.623. The van der Waals surface area contributed by atoms with E-state index >= 15 is 0 Å². The van der Waals surface area contributed by atoms with Gasteiger partial charge in [0.15, 0.2) is 0 Å². The summed E-state index contributed by atoms with van der Waals surface area (Å²) in [5.74, 6) is 0.824. The fourth-order valence-corrected chi connectivity index (χ4v) is 2.78. The molecule has 1 aliphatic heterocycles. The lowest BCUT2D eigenvalue weighted by atomic mass is 9.87. The molecule has 0 aromatic heterocycles.